The predicted octanol–water partition coefficient (Wildman–Crippen LogP) is 3.58. The van der Waals surface area contributed by atoms with Gasteiger partial charge in [-0.1, -0.05) is 48.6 Å². The van der Waals surface area contributed by atoms with E-state index in [-0.39, 0.29) is 23.9 Å². The zero-order chi connectivity index (χ0) is 19.1. The molecule has 1 fully saturated rings. The molecule has 1 aromatic rings. The number of fused-ring (bicyclic) bond motifs is 1. The van der Waals surface area contributed by atoms with Crippen LogP contribution in [0.5, 0.6) is 0 Å². The molecular weight excluding hydrogens is 340 g/mol. The summed E-state index contributed by atoms with van der Waals surface area (Å²) in [6.45, 7) is 0. The van der Waals surface area contributed by atoms with Crippen molar-refractivity contribution in [3.63, 3.8) is 0 Å². The normalized spacial score (nSPS) is 32.1. The smallest absolute Gasteiger partial charge is 0.306 e. The van der Waals surface area contributed by atoms with Crippen molar-refractivity contribution in [2.45, 2.75) is 63.3 Å². The fourth-order valence-corrected chi connectivity index (χ4v) is 4.07. The van der Waals surface area contributed by atoms with Gasteiger partial charge in [0, 0.05) is 18.8 Å². The maximum Gasteiger partial charge on any atom is 0.306 e. The van der Waals surface area contributed by atoms with Gasteiger partial charge in [-0.25, -0.2) is 0 Å². The number of aliphatic hydroxyl groups is 2. The molecule has 0 saturated heterocycles. The van der Waals surface area contributed by atoms with Crippen LogP contribution < -0.4 is 0 Å². The third-order valence-electron chi connectivity index (χ3n) is 5.63. The van der Waals surface area contributed by atoms with E-state index in [1.54, 1.807) is 0 Å². The Hall–Kier alpha value is -1.91. The average molecular weight is 370 g/mol. The van der Waals surface area contributed by atoms with Crippen LogP contribution in [0.15, 0.2) is 54.6 Å². The molecule has 4 nitrogen and oxygen atoms in total. The van der Waals surface area contributed by atoms with Gasteiger partial charge in [-0.2, -0.15) is 0 Å². The third kappa shape index (κ3) is 5.78. The van der Waals surface area contributed by atoms with Crippen molar-refractivity contribution in [2.24, 2.45) is 11.8 Å². The molecule has 2 N–H and O–H groups in total. The second-order valence-electron chi connectivity index (χ2n) is 7.65. The summed E-state index contributed by atoms with van der Waals surface area (Å²) >= 11 is 0. The number of hydrogen-bond acceptors (Lipinski definition) is 4. The van der Waals surface area contributed by atoms with Gasteiger partial charge in [0.1, 0.15) is 6.10 Å². The molecule has 0 amide bonds. The van der Waals surface area contributed by atoms with E-state index in [0.717, 1.165) is 25.7 Å². The van der Waals surface area contributed by atoms with Gasteiger partial charge in [0.25, 0.3) is 0 Å². The summed E-state index contributed by atoms with van der Waals surface area (Å²) in [5, 5.41) is 20.7. The summed E-state index contributed by atoms with van der Waals surface area (Å²) in [5.41, 5.74) is 1.21. The number of aliphatic hydroxyl groups excluding tert-OH is 2. The van der Waals surface area contributed by atoms with Gasteiger partial charge < -0.3 is 14.9 Å². The highest BCUT2D eigenvalue weighted by Gasteiger charge is 2.39. The maximum absolute atomic E-state index is 12.2. The summed E-state index contributed by atoms with van der Waals surface area (Å²) in [6, 6.07) is 10.2. The van der Waals surface area contributed by atoms with Crippen molar-refractivity contribution in [3.8, 4) is 0 Å². The van der Waals surface area contributed by atoms with Crippen LogP contribution in [0.2, 0.25) is 0 Å². The van der Waals surface area contributed by atoms with Crippen molar-refractivity contribution >= 4 is 5.97 Å². The Morgan fingerprint density at radius 2 is 1.85 bits per heavy atom. The molecule has 3 rings (SSSR count). The van der Waals surface area contributed by atoms with Gasteiger partial charge >= 0.3 is 5.97 Å². The quantitative estimate of drug-likeness (QED) is 0.630. The molecule has 27 heavy (non-hydrogen) atoms. The Kier molecular flexibility index (Phi) is 7.25. The Morgan fingerprint density at radius 3 is 2.67 bits per heavy atom. The van der Waals surface area contributed by atoms with Gasteiger partial charge in [-0.05, 0) is 49.7 Å². The minimum Gasteiger partial charge on any atom is -0.458 e. The lowest BCUT2D eigenvalue weighted by atomic mass is 9.89. The minimum atomic E-state index is -0.551. The van der Waals surface area contributed by atoms with Crippen molar-refractivity contribution in [2.75, 3.05) is 0 Å². The standard InChI is InChI=1S/C23H30O4/c24-21-16-22(25)20-15-14-18(13-12-17-8-4-3-5-9-17)27-23(26)11-7-2-1-6-10-19(20)21/h1,3-6,8-9,14-15,18-22,24-25H,2,7,10-13,16H2/t18-,19+,20+,21-,22+/m0/s1. The van der Waals surface area contributed by atoms with E-state index in [2.05, 4.69) is 24.3 Å². The number of carbonyl (C=O) groups is 1. The monoisotopic (exact) mass is 370 g/mol. The molecule has 4 heteroatoms. The number of hydrogen-bond donors (Lipinski definition) is 2. The zero-order valence-electron chi connectivity index (χ0n) is 15.7. The number of ether oxygens (including phenoxy) is 1. The number of allylic oxidation sites excluding steroid dienone is 2. The van der Waals surface area contributed by atoms with E-state index < -0.39 is 12.2 Å². The Morgan fingerprint density at radius 1 is 1.04 bits per heavy atom. The molecule has 146 valence electrons. The fraction of sp³-hybridized carbons (Fsp3) is 0.522. The lowest BCUT2D eigenvalue weighted by Crippen LogP contribution is -2.21. The first-order chi connectivity index (χ1) is 13.1. The number of cyclic esters (lactones) is 1. The van der Waals surface area contributed by atoms with Gasteiger partial charge in [-0.15, -0.1) is 0 Å². The summed E-state index contributed by atoms with van der Waals surface area (Å²) < 4.78 is 5.70. The van der Waals surface area contributed by atoms with Crippen LogP contribution in [0.4, 0.5) is 0 Å². The highest BCUT2D eigenvalue weighted by molar-refractivity contribution is 5.69. The molecule has 0 radical (unpaired) electrons. The Labute approximate surface area is 161 Å². The molecule has 0 spiro atoms. The van der Waals surface area contributed by atoms with E-state index in [4.69, 9.17) is 4.74 Å². The van der Waals surface area contributed by atoms with Crippen LogP contribution in [-0.2, 0) is 16.0 Å². The van der Waals surface area contributed by atoms with Gasteiger partial charge in [0.15, 0.2) is 0 Å². The molecule has 1 aliphatic heterocycles. The average Bonchev–Trinajstić information content (AvgIpc) is 2.94. The van der Waals surface area contributed by atoms with E-state index in [0.29, 0.717) is 19.3 Å². The molecule has 1 aromatic carbocycles. The molecule has 1 saturated carbocycles. The Balaban J connectivity index is 1.73. The first-order valence-electron chi connectivity index (χ1n) is 10.1. The molecule has 5 atom stereocenters. The summed E-state index contributed by atoms with van der Waals surface area (Å²) in [5.74, 6) is -0.268. The van der Waals surface area contributed by atoms with Crippen LogP contribution >= 0.6 is 0 Å². The topological polar surface area (TPSA) is 66.8 Å². The van der Waals surface area contributed by atoms with Crippen molar-refractivity contribution in [3.05, 3.63) is 60.2 Å². The summed E-state index contributed by atoms with van der Waals surface area (Å²) in [6.07, 6.45) is 11.4. The number of carbonyl (C=O) groups excluding carboxylic acids is 1. The molecule has 2 aliphatic rings. The first kappa shape index (κ1) is 19.8. The SMILES string of the molecule is O=C1CCCC=CC[C@@H]2[C@@H](C=C[C@H](CCc3ccccc3)O1)[C@H](O)C[C@@H]2O. The van der Waals surface area contributed by atoms with Crippen LogP contribution in [0.3, 0.4) is 0 Å². The zero-order valence-corrected chi connectivity index (χ0v) is 15.7. The second-order valence-corrected chi connectivity index (χ2v) is 7.65. The van der Waals surface area contributed by atoms with Crippen molar-refractivity contribution in [1.29, 1.82) is 0 Å². The number of benzene rings is 1. The first-order valence-corrected chi connectivity index (χ1v) is 10.1. The minimum absolute atomic E-state index is 0.0127. The molecule has 1 heterocycles. The van der Waals surface area contributed by atoms with E-state index >= 15 is 0 Å². The largest absolute Gasteiger partial charge is 0.458 e. The fourth-order valence-electron chi connectivity index (χ4n) is 4.07. The Bertz CT molecular complexity index is 652. The molecular formula is C23H30O4. The van der Waals surface area contributed by atoms with E-state index in [9.17, 15) is 15.0 Å². The predicted molar refractivity (Wildman–Crippen MR) is 105 cm³/mol. The van der Waals surface area contributed by atoms with Crippen LogP contribution in [0.25, 0.3) is 0 Å². The summed E-state index contributed by atoms with van der Waals surface area (Å²) in [4.78, 5) is 12.2. The lowest BCUT2D eigenvalue weighted by molar-refractivity contribution is -0.147. The maximum atomic E-state index is 12.2. The molecule has 0 unspecified atom stereocenters. The van der Waals surface area contributed by atoms with E-state index in [1.807, 2.05) is 30.4 Å². The highest BCUT2D eigenvalue weighted by Crippen LogP contribution is 2.36. The second kappa shape index (κ2) is 9.86. The van der Waals surface area contributed by atoms with Gasteiger partial charge in [-0.3, -0.25) is 4.79 Å². The van der Waals surface area contributed by atoms with Gasteiger partial charge in [0.05, 0.1) is 12.2 Å². The van der Waals surface area contributed by atoms with Gasteiger partial charge in [0.2, 0.25) is 0 Å². The molecule has 1 aliphatic carbocycles. The van der Waals surface area contributed by atoms with E-state index in [1.165, 1.54) is 5.56 Å². The number of rotatable bonds is 3. The lowest BCUT2D eigenvalue weighted by Gasteiger charge is -2.20. The molecule has 0 aromatic heterocycles. The number of esters is 1. The third-order valence-corrected chi connectivity index (χ3v) is 5.63. The van der Waals surface area contributed by atoms with Crippen molar-refractivity contribution in [1.82, 2.24) is 0 Å². The van der Waals surface area contributed by atoms with Crippen LogP contribution in [0.1, 0.15) is 44.1 Å². The van der Waals surface area contributed by atoms with Crippen LogP contribution in [0, 0.1) is 11.8 Å². The number of aryl methyl sites for hydroxylation is 1. The van der Waals surface area contributed by atoms with Crippen LogP contribution in [-0.4, -0.2) is 34.5 Å². The highest BCUT2D eigenvalue weighted by atomic mass is 16.5. The summed E-state index contributed by atoms with van der Waals surface area (Å²) in [7, 11) is 0. The molecule has 0 bridgehead atoms. The van der Waals surface area contributed by atoms with Crippen molar-refractivity contribution < 1.29 is 19.7 Å².